The first-order chi connectivity index (χ1) is 19.7. The van der Waals surface area contributed by atoms with Crippen molar-refractivity contribution in [2.75, 3.05) is 64.5 Å². The van der Waals surface area contributed by atoms with Crippen molar-refractivity contribution in [2.24, 2.45) is 5.14 Å². The topological polar surface area (TPSA) is 114 Å². The first-order valence-corrected chi connectivity index (χ1v) is 15.3. The van der Waals surface area contributed by atoms with E-state index in [9.17, 15) is 8.42 Å². The lowest BCUT2D eigenvalue weighted by molar-refractivity contribution is 0.104. The van der Waals surface area contributed by atoms with Gasteiger partial charge in [-0.25, -0.2) is 22.9 Å². The fraction of sp³-hybridized carbons (Fsp3) is 0.448. The summed E-state index contributed by atoms with van der Waals surface area (Å²) in [4.78, 5) is 15.2. The molecule has 1 aromatic carbocycles. The Kier molecular flexibility index (Phi) is 8.85. The van der Waals surface area contributed by atoms with Gasteiger partial charge in [-0.1, -0.05) is 6.07 Å². The number of hydrogen-bond donors (Lipinski definition) is 1. The first-order valence-electron chi connectivity index (χ1n) is 13.8. The molecule has 0 saturated carbocycles. The summed E-state index contributed by atoms with van der Waals surface area (Å²) in [5.74, 6) is -0.497. The molecule has 41 heavy (non-hydrogen) atoms. The number of ether oxygens (including phenoxy) is 2. The van der Waals surface area contributed by atoms with Crippen LogP contribution in [0.4, 0.5) is 10.1 Å². The van der Waals surface area contributed by atoms with Gasteiger partial charge in [0.25, 0.3) is 0 Å². The number of piperazine rings is 1. The largest absolute Gasteiger partial charge is 0.480 e. The van der Waals surface area contributed by atoms with Gasteiger partial charge >= 0.3 is 0 Å². The highest BCUT2D eigenvalue weighted by molar-refractivity contribution is 7.89. The summed E-state index contributed by atoms with van der Waals surface area (Å²) in [6.07, 6.45) is 3.11. The Morgan fingerprint density at radius 2 is 1.78 bits per heavy atom. The monoisotopic (exact) mass is 584 g/mol. The van der Waals surface area contributed by atoms with Crippen molar-refractivity contribution in [2.45, 2.75) is 31.3 Å². The molecule has 4 heterocycles. The minimum absolute atomic E-state index is 0.109. The lowest BCUT2D eigenvalue weighted by Gasteiger charge is -2.36. The van der Waals surface area contributed by atoms with Crippen molar-refractivity contribution >= 4 is 15.7 Å². The van der Waals surface area contributed by atoms with Crippen LogP contribution in [0.15, 0.2) is 47.6 Å². The van der Waals surface area contributed by atoms with E-state index in [4.69, 9.17) is 14.6 Å². The molecule has 0 amide bonds. The molecule has 2 saturated heterocycles. The number of benzene rings is 1. The second kappa shape index (κ2) is 12.4. The van der Waals surface area contributed by atoms with E-state index in [2.05, 4.69) is 33.6 Å². The summed E-state index contributed by atoms with van der Waals surface area (Å²) < 4.78 is 52.0. The quantitative estimate of drug-likeness (QED) is 0.427. The van der Waals surface area contributed by atoms with Crippen molar-refractivity contribution in [3.8, 4) is 28.3 Å². The number of halogens is 1. The van der Waals surface area contributed by atoms with Gasteiger partial charge in [-0.15, -0.1) is 0 Å². The smallest absolute Gasteiger partial charge is 0.244 e. The molecule has 0 spiro atoms. The van der Waals surface area contributed by atoms with Crippen LogP contribution in [0.1, 0.15) is 19.4 Å². The first kappa shape index (κ1) is 29.3. The fourth-order valence-corrected chi connectivity index (χ4v) is 6.38. The van der Waals surface area contributed by atoms with E-state index in [1.165, 1.54) is 13.3 Å². The van der Waals surface area contributed by atoms with Crippen molar-refractivity contribution < 1.29 is 22.3 Å². The maximum atomic E-state index is 15.5. The number of primary sulfonamides is 1. The Morgan fingerprint density at radius 1 is 1.05 bits per heavy atom. The predicted molar refractivity (Wildman–Crippen MR) is 156 cm³/mol. The van der Waals surface area contributed by atoms with Crippen molar-refractivity contribution in [3.63, 3.8) is 0 Å². The Bertz CT molecular complexity index is 1490. The number of nitrogens with two attached hydrogens (primary N) is 1. The van der Waals surface area contributed by atoms with Crippen molar-refractivity contribution in [1.29, 1.82) is 0 Å². The van der Waals surface area contributed by atoms with Crippen molar-refractivity contribution in [3.05, 3.63) is 54.1 Å². The van der Waals surface area contributed by atoms with Crippen LogP contribution in [0.2, 0.25) is 0 Å². The van der Waals surface area contributed by atoms with Crippen LogP contribution in [0.25, 0.3) is 22.4 Å². The van der Waals surface area contributed by atoms with Gasteiger partial charge in [-0.2, -0.15) is 0 Å². The molecule has 2 N–H and O–H groups in total. The molecule has 5 rings (SSSR count). The van der Waals surface area contributed by atoms with E-state index >= 15 is 4.39 Å². The Hall–Kier alpha value is -3.16. The average Bonchev–Trinajstić information content (AvgIpc) is 2.97. The van der Waals surface area contributed by atoms with Crippen LogP contribution in [-0.2, 0) is 21.3 Å². The molecule has 0 atom stereocenters. The fourth-order valence-electron chi connectivity index (χ4n) is 5.49. The molecule has 2 fully saturated rings. The maximum Gasteiger partial charge on any atom is 0.244 e. The number of anilines is 1. The number of hydrogen-bond acceptors (Lipinski definition) is 9. The van der Waals surface area contributed by atoms with Crippen LogP contribution >= 0.6 is 0 Å². The second-order valence-electron chi connectivity index (χ2n) is 10.7. The number of morpholine rings is 1. The third-order valence-electron chi connectivity index (χ3n) is 7.71. The molecule has 220 valence electrons. The van der Waals surface area contributed by atoms with E-state index in [0.29, 0.717) is 67.0 Å². The van der Waals surface area contributed by atoms with Gasteiger partial charge < -0.3 is 14.4 Å². The SMILES string of the molecule is COc1ncc(N2CCOCC2)c(-c2ccnc(-c3ccc(CN4CCN(C(C)C)CC4)cc3F)c2)c1S(N)(=O)=O. The minimum Gasteiger partial charge on any atom is -0.480 e. The summed E-state index contributed by atoms with van der Waals surface area (Å²) in [6, 6.07) is 9.10. The Labute approximate surface area is 240 Å². The number of nitrogens with zero attached hydrogens (tertiary/aromatic N) is 5. The van der Waals surface area contributed by atoms with Gasteiger partial charge in [-0.3, -0.25) is 14.8 Å². The minimum atomic E-state index is -4.25. The summed E-state index contributed by atoms with van der Waals surface area (Å²) in [7, 11) is -2.91. The van der Waals surface area contributed by atoms with Crippen molar-refractivity contribution in [1.82, 2.24) is 19.8 Å². The predicted octanol–water partition coefficient (Wildman–Crippen LogP) is 2.97. The Balaban J connectivity index is 1.49. The number of sulfonamides is 1. The van der Waals surface area contributed by atoms with Gasteiger partial charge in [0.2, 0.25) is 15.9 Å². The van der Waals surface area contributed by atoms with E-state index in [1.54, 1.807) is 30.5 Å². The van der Waals surface area contributed by atoms with Gasteiger partial charge in [0.05, 0.1) is 37.9 Å². The second-order valence-corrected chi connectivity index (χ2v) is 12.1. The van der Waals surface area contributed by atoms with Gasteiger partial charge in [0, 0.05) is 69.2 Å². The highest BCUT2D eigenvalue weighted by Gasteiger charge is 2.29. The highest BCUT2D eigenvalue weighted by Crippen LogP contribution is 2.41. The molecular formula is C29H37FN6O4S. The standard InChI is InChI=1S/C29H37FN6O4S/c1-20(2)35-10-8-34(9-11-35)19-21-4-5-23(24(30)16-21)25-17-22(6-7-32-25)27-26(36-12-14-40-15-13-36)18-33-29(39-3)28(27)41(31,37)38/h4-7,16-18,20H,8-15,19H2,1-3H3,(H2,31,37,38). The van der Waals surface area contributed by atoms with E-state index < -0.39 is 10.0 Å². The molecule has 12 heteroatoms. The molecule has 0 aliphatic carbocycles. The number of rotatable bonds is 8. The normalized spacial score (nSPS) is 17.3. The molecule has 2 aliphatic heterocycles. The summed E-state index contributed by atoms with van der Waals surface area (Å²) in [5, 5.41) is 5.69. The molecule has 10 nitrogen and oxygen atoms in total. The third kappa shape index (κ3) is 6.52. The molecule has 2 aromatic heterocycles. The lowest BCUT2D eigenvalue weighted by atomic mass is 10.0. The number of methoxy groups -OCH3 is 1. The summed E-state index contributed by atoms with van der Waals surface area (Å²) in [6.45, 7) is 11.0. The number of aromatic nitrogens is 2. The van der Waals surface area contributed by atoms with Gasteiger partial charge in [0.15, 0.2) is 4.90 Å². The highest BCUT2D eigenvalue weighted by atomic mass is 32.2. The van der Waals surface area contributed by atoms with Crippen LogP contribution in [-0.4, -0.2) is 93.8 Å². The zero-order chi connectivity index (χ0) is 29.1. The van der Waals surface area contributed by atoms with E-state index in [-0.39, 0.29) is 16.6 Å². The molecule has 0 unspecified atom stereocenters. The average molecular weight is 585 g/mol. The zero-order valence-electron chi connectivity index (χ0n) is 23.7. The third-order valence-corrected chi connectivity index (χ3v) is 8.66. The number of pyridine rings is 2. The van der Waals surface area contributed by atoms with Crippen LogP contribution in [0, 0.1) is 5.82 Å². The van der Waals surface area contributed by atoms with E-state index in [0.717, 1.165) is 31.7 Å². The van der Waals surface area contributed by atoms with Gasteiger partial charge in [-0.05, 0) is 49.2 Å². The molecule has 3 aromatic rings. The summed E-state index contributed by atoms with van der Waals surface area (Å²) >= 11 is 0. The van der Waals surface area contributed by atoms with Gasteiger partial charge in [0.1, 0.15) is 5.82 Å². The summed E-state index contributed by atoms with van der Waals surface area (Å²) in [5.41, 5.74) is 3.01. The van der Waals surface area contributed by atoms with E-state index in [1.807, 2.05) is 11.0 Å². The molecule has 0 bridgehead atoms. The van der Waals surface area contributed by atoms with Crippen LogP contribution < -0.4 is 14.8 Å². The lowest BCUT2D eigenvalue weighted by Crippen LogP contribution is -2.48. The molecule has 0 radical (unpaired) electrons. The van der Waals surface area contributed by atoms with Crippen LogP contribution in [0.5, 0.6) is 5.88 Å². The molecular weight excluding hydrogens is 547 g/mol. The Morgan fingerprint density at radius 3 is 2.41 bits per heavy atom. The molecule has 2 aliphatic rings. The van der Waals surface area contributed by atoms with Crippen LogP contribution in [0.3, 0.4) is 0 Å². The zero-order valence-corrected chi connectivity index (χ0v) is 24.5. The maximum absolute atomic E-state index is 15.5.